The molecule has 3 unspecified atom stereocenters. The zero-order valence-electron chi connectivity index (χ0n) is 18.3. The van der Waals surface area contributed by atoms with Gasteiger partial charge in [-0.2, -0.15) is 0 Å². The SMILES string of the molecule is C=C(C)N1CC[C@]23c4c5ccc(O)c4O[C@@H]2C(CCCCCOC)CCC3(O)C1C5. The largest absolute Gasteiger partial charge is 0.504 e. The molecular weight excluding hydrogens is 378 g/mol. The molecule has 2 fully saturated rings. The number of hydrogen-bond donors (Lipinski definition) is 2. The molecule has 5 atom stereocenters. The minimum absolute atomic E-state index is 0.0282. The Labute approximate surface area is 179 Å². The average Bonchev–Trinajstić information content (AvgIpc) is 3.06. The number of rotatable bonds is 7. The highest BCUT2D eigenvalue weighted by Crippen LogP contribution is 2.67. The molecule has 4 aliphatic rings. The predicted octanol–water partition coefficient (Wildman–Crippen LogP) is 3.90. The van der Waals surface area contributed by atoms with E-state index in [2.05, 4.69) is 11.5 Å². The number of allylic oxidation sites excluding steroid dienone is 1. The molecule has 5 rings (SSSR count). The van der Waals surface area contributed by atoms with E-state index in [9.17, 15) is 10.2 Å². The molecule has 0 amide bonds. The zero-order valence-corrected chi connectivity index (χ0v) is 18.3. The van der Waals surface area contributed by atoms with Crippen molar-refractivity contribution in [3.63, 3.8) is 0 Å². The van der Waals surface area contributed by atoms with Crippen molar-refractivity contribution in [1.82, 2.24) is 4.90 Å². The van der Waals surface area contributed by atoms with Crippen LogP contribution in [0, 0.1) is 5.92 Å². The topological polar surface area (TPSA) is 62.2 Å². The third kappa shape index (κ3) is 2.54. The van der Waals surface area contributed by atoms with Gasteiger partial charge in [0, 0.05) is 31.5 Å². The van der Waals surface area contributed by atoms with E-state index in [0.717, 1.165) is 75.8 Å². The van der Waals surface area contributed by atoms with Crippen LogP contribution in [-0.4, -0.2) is 53.1 Å². The third-order valence-electron chi connectivity index (χ3n) is 8.50. The molecule has 0 radical (unpaired) electrons. The van der Waals surface area contributed by atoms with Crippen molar-refractivity contribution in [2.45, 2.75) is 81.5 Å². The van der Waals surface area contributed by atoms with Crippen LogP contribution in [0.1, 0.15) is 63.0 Å². The van der Waals surface area contributed by atoms with E-state index < -0.39 is 11.0 Å². The number of likely N-dealkylation sites (tertiary alicyclic amines) is 1. The first kappa shape index (κ1) is 20.2. The van der Waals surface area contributed by atoms with E-state index in [4.69, 9.17) is 9.47 Å². The fourth-order valence-corrected chi connectivity index (χ4v) is 7.23. The van der Waals surface area contributed by atoms with Crippen LogP contribution in [-0.2, 0) is 16.6 Å². The van der Waals surface area contributed by atoms with Crippen LogP contribution in [0.5, 0.6) is 11.5 Å². The molecule has 2 aliphatic heterocycles. The molecular formula is C25H35NO4. The van der Waals surface area contributed by atoms with Crippen molar-refractivity contribution in [3.8, 4) is 11.5 Å². The van der Waals surface area contributed by atoms with Crippen molar-refractivity contribution in [2.75, 3.05) is 20.3 Å². The van der Waals surface area contributed by atoms with E-state index in [1.54, 1.807) is 13.2 Å². The van der Waals surface area contributed by atoms with Crippen LogP contribution in [0.25, 0.3) is 0 Å². The number of phenols is 1. The number of piperidine rings is 1. The van der Waals surface area contributed by atoms with Gasteiger partial charge in [-0.1, -0.05) is 25.5 Å². The van der Waals surface area contributed by atoms with Crippen LogP contribution in [0.3, 0.4) is 0 Å². The van der Waals surface area contributed by atoms with Crippen LogP contribution >= 0.6 is 0 Å². The number of ether oxygens (including phenoxy) is 2. The molecule has 2 aliphatic carbocycles. The summed E-state index contributed by atoms with van der Waals surface area (Å²) in [5.74, 6) is 1.27. The van der Waals surface area contributed by atoms with Gasteiger partial charge in [-0.05, 0) is 63.0 Å². The van der Waals surface area contributed by atoms with Crippen LogP contribution in [0.4, 0.5) is 0 Å². The Morgan fingerprint density at radius 1 is 1.30 bits per heavy atom. The molecule has 0 aromatic heterocycles. The van der Waals surface area contributed by atoms with E-state index in [0.29, 0.717) is 11.7 Å². The van der Waals surface area contributed by atoms with Crippen molar-refractivity contribution in [2.24, 2.45) is 5.92 Å². The summed E-state index contributed by atoms with van der Waals surface area (Å²) in [4.78, 5) is 2.32. The first-order valence-electron chi connectivity index (χ1n) is 11.6. The molecule has 1 saturated heterocycles. The van der Waals surface area contributed by atoms with Crippen molar-refractivity contribution >= 4 is 0 Å². The van der Waals surface area contributed by atoms with E-state index in [-0.39, 0.29) is 17.9 Å². The van der Waals surface area contributed by atoms with Gasteiger partial charge in [-0.3, -0.25) is 0 Å². The molecule has 1 spiro atoms. The fraction of sp³-hybridized carbons (Fsp3) is 0.680. The van der Waals surface area contributed by atoms with Crippen LogP contribution in [0.2, 0.25) is 0 Å². The quantitative estimate of drug-likeness (QED) is 0.664. The summed E-state index contributed by atoms with van der Waals surface area (Å²) in [6, 6.07) is 3.85. The molecule has 1 aromatic rings. The Hall–Kier alpha value is -1.72. The average molecular weight is 414 g/mol. The lowest BCUT2D eigenvalue weighted by Gasteiger charge is -2.64. The third-order valence-corrected chi connectivity index (χ3v) is 8.50. The lowest BCUT2D eigenvalue weighted by atomic mass is 9.47. The monoisotopic (exact) mass is 413 g/mol. The minimum Gasteiger partial charge on any atom is -0.504 e. The number of methoxy groups -OCH3 is 1. The molecule has 2 N–H and O–H groups in total. The number of aliphatic hydroxyl groups is 1. The first-order chi connectivity index (χ1) is 14.4. The second kappa shape index (κ2) is 7.16. The molecule has 5 nitrogen and oxygen atoms in total. The lowest BCUT2D eigenvalue weighted by molar-refractivity contribution is -0.192. The molecule has 2 bridgehead atoms. The van der Waals surface area contributed by atoms with Crippen LogP contribution in [0.15, 0.2) is 24.4 Å². The van der Waals surface area contributed by atoms with Gasteiger partial charge < -0.3 is 24.6 Å². The van der Waals surface area contributed by atoms with Crippen molar-refractivity contribution in [3.05, 3.63) is 35.5 Å². The molecule has 2 heterocycles. The minimum atomic E-state index is -0.840. The maximum atomic E-state index is 12.3. The Kier molecular flexibility index (Phi) is 4.82. The Morgan fingerprint density at radius 3 is 2.90 bits per heavy atom. The highest BCUT2D eigenvalue weighted by atomic mass is 16.5. The molecule has 30 heavy (non-hydrogen) atoms. The van der Waals surface area contributed by atoms with Crippen LogP contribution < -0.4 is 4.74 Å². The van der Waals surface area contributed by atoms with Gasteiger partial charge in [0.1, 0.15) is 6.10 Å². The number of nitrogens with zero attached hydrogens (tertiary/aromatic N) is 1. The van der Waals surface area contributed by atoms with Crippen molar-refractivity contribution < 1.29 is 19.7 Å². The van der Waals surface area contributed by atoms with Crippen molar-refractivity contribution in [1.29, 1.82) is 0 Å². The summed E-state index contributed by atoms with van der Waals surface area (Å²) in [5.41, 5.74) is 2.11. The second-order valence-corrected chi connectivity index (χ2v) is 9.92. The number of unbranched alkanes of at least 4 members (excludes halogenated alkanes) is 2. The van der Waals surface area contributed by atoms with Gasteiger partial charge in [0.05, 0.1) is 17.1 Å². The summed E-state index contributed by atoms with van der Waals surface area (Å²) in [5, 5.41) is 23.0. The van der Waals surface area contributed by atoms with Gasteiger partial charge in [-0.25, -0.2) is 0 Å². The van der Waals surface area contributed by atoms with Gasteiger partial charge in [0.25, 0.3) is 0 Å². The van der Waals surface area contributed by atoms with E-state index >= 15 is 0 Å². The number of phenolic OH excluding ortho intramolecular Hbond substituents is 1. The fourth-order valence-electron chi connectivity index (χ4n) is 7.23. The summed E-state index contributed by atoms with van der Waals surface area (Å²) in [7, 11) is 1.76. The van der Waals surface area contributed by atoms with Gasteiger partial charge >= 0.3 is 0 Å². The van der Waals surface area contributed by atoms with E-state index in [1.807, 2.05) is 13.0 Å². The number of benzene rings is 1. The highest BCUT2D eigenvalue weighted by molar-refractivity contribution is 5.62. The predicted molar refractivity (Wildman–Crippen MR) is 116 cm³/mol. The lowest BCUT2D eigenvalue weighted by Crippen LogP contribution is -2.76. The van der Waals surface area contributed by atoms with E-state index in [1.165, 1.54) is 5.56 Å². The Balaban J connectivity index is 1.53. The molecule has 1 aromatic carbocycles. The normalized spacial score (nSPS) is 35.7. The number of aromatic hydroxyl groups is 1. The zero-order chi connectivity index (χ0) is 21.1. The molecule has 5 heteroatoms. The standard InChI is InChI=1S/C25H35NO4/c1-16(2)26-13-12-24-21-18-8-9-19(27)22(21)30-23(24)17(7-5-4-6-14-29-3)10-11-25(24,28)20(26)15-18/h8-9,17,20,23,27-28H,1,4-7,10-15H2,2-3H3/t17?,20?,23-,24+,25?/m1/s1. The second-order valence-electron chi connectivity index (χ2n) is 9.92. The van der Waals surface area contributed by atoms with Gasteiger partial charge in [0.15, 0.2) is 11.5 Å². The number of hydrogen-bond acceptors (Lipinski definition) is 5. The van der Waals surface area contributed by atoms with Gasteiger partial charge in [0.2, 0.25) is 0 Å². The Morgan fingerprint density at radius 2 is 2.13 bits per heavy atom. The van der Waals surface area contributed by atoms with Gasteiger partial charge in [-0.15, -0.1) is 0 Å². The summed E-state index contributed by atoms with van der Waals surface area (Å²) in [6.45, 7) is 7.96. The maximum Gasteiger partial charge on any atom is 0.165 e. The summed E-state index contributed by atoms with van der Waals surface area (Å²) in [6.07, 6.45) is 7.83. The maximum absolute atomic E-state index is 12.3. The molecule has 164 valence electrons. The highest BCUT2D eigenvalue weighted by Gasteiger charge is 2.72. The Bertz CT molecular complexity index is 854. The smallest absolute Gasteiger partial charge is 0.165 e. The summed E-state index contributed by atoms with van der Waals surface area (Å²) >= 11 is 0. The first-order valence-corrected chi connectivity index (χ1v) is 11.6. The molecule has 1 saturated carbocycles. The summed E-state index contributed by atoms with van der Waals surface area (Å²) < 4.78 is 11.8.